The molecule has 0 aromatic heterocycles. The predicted molar refractivity (Wildman–Crippen MR) is 105 cm³/mol. The molecule has 0 saturated carbocycles. The van der Waals surface area contributed by atoms with E-state index in [-0.39, 0.29) is 62.8 Å². The highest BCUT2D eigenvalue weighted by atomic mass is 35.5. The van der Waals surface area contributed by atoms with E-state index < -0.39 is 56.4 Å². The number of ether oxygens (including phenoxy) is 1. The highest BCUT2D eigenvalue weighted by Crippen LogP contribution is 2.19. The Balaban J connectivity index is -0.0000000984. The molecular formula is C13H30Cl4O9. The lowest BCUT2D eigenvalue weighted by Crippen LogP contribution is -2.43. The molecule has 0 spiro atoms. The Bertz CT molecular complexity index is 277. The first-order valence-corrected chi connectivity index (χ1v) is 6.43. The molecule has 9 nitrogen and oxygen atoms in total. The van der Waals surface area contributed by atoms with E-state index >= 15 is 0 Å². The van der Waals surface area contributed by atoms with Crippen LogP contribution in [0.2, 0.25) is 0 Å². The van der Waals surface area contributed by atoms with Crippen molar-refractivity contribution in [1.82, 2.24) is 0 Å². The molecule has 0 aliphatic carbocycles. The third kappa shape index (κ3) is 16.3. The van der Waals surface area contributed by atoms with Gasteiger partial charge in [0.15, 0.2) is 0 Å². The minimum Gasteiger partial charge on any atom is -0.478 e. The molecule has 0 unspecified atom stereocenters. The van der Waals surface area contributed by atoms with Crippen LogP contribution in [0.4, 0.5) is 0 Å². The van der Waals surface area contributed by atoms with Crippen LogP contribution in [0.15, 0.2) is 12.7 Å². The second kappa shape index (κ2) is 23.1. The summed E-state index contributed by atoms with van der Waals surface area (Å²) in [4.78, 5) is 9.25. The van der Waals surface area contributed by atoms with Crippen molar-refractivity contribution in [3.8, 4) is 0 Å². The van der Waals surface area contributed by atoms with Crippen molar-refractivity contribution in [2.75, 3.05) is 52.9 Å². The van der Waals surface area contributed by atoms with Crippen LogP contribution in [0, 0.1) is 10.8 Å². The zero-order valence-electron chi connectivity index (χ0n) is 14.0. The van der Waals surface area contributed by atoms with Gasteiger partial charge in [-0.2, -0.15) is 0 Å². The van der Waals surface area contributed by atoms with Gasteiger partial charge in [0.25, 0.3) is 0 Å². The van der Waals surface area contributed by atoms with Gasteiger partial charge < -0.3 is 40.5 Å². The third-order valence-corrected chi connectivity index (χ3v) is 3.00. The summed E-state index contributed by atoms with van der Waals surface area (Å²) in [6.07, 6.45) is 0.833. The monoisotopic (exact) mass is 470 g/mol. The predicted octanol–water partition coefficient (Wildman–Crippen LogP) is -1.13. The molecule has 0 amide bonds. The zero-order valence-corrected chi connectivity index (χ0v) is 17.3. The molecular weight excluding hydrogens is 442 g/mol. The highest BCUT2D eigenvalue weighted by molar-refractivity contribution is 5.86. The van der Waals surface area contributed by atoms with Crippen molar-refractivity contribution in [2.24, 2.45) is 10.8 Å². The molecule has 0 saturated heterocycles. The van der Waals surface area contributed by atoms with Crippen molar-refractivity contribution in [3.63, 3.8) is 0 Å². The third-order valence-electron chi connectivity index (χ3n) is 3.00. The number of aliphatic hydroxyl groups is 6. The smallest absolute Gasteiger partial charge is 0.327 e. The summed E-state index contributed by atoms with van der Waals surface area (Å²) >= 11 is 0. The van der Waals surface area contributed by atoms with E-state index in [1.54, 1.807) is 0 Å². The summed E-state index contributed by atoms with van der Waals surface area (Å²) in [6, 6.07) is 0. The molecule has 7 N–H and O–H groups in total. The number of rotatable bonds is 11. The van der Waals surface area contributed by atoms with Crippen LogP contribution >= 0.6 is 49.6 Å². The lowest BCUT2D eigenvalue weighted by atomic mass is 9.91. The van der Waals surface area contributed by atoms with E-state index in [0.717, 1.165) is 6.08 Å². The van der Waals surface area contributed by atoms with Gasteiger partial charge in [-0.05, 0) is 0 Å². The average Bonchev–Trinajstić information content (AvgIpc) is 2.57. The van der Waals surface area contributed by atoms with Gasteiger partial charge in [-0.15, -0.1) is 49.6 Å². The summed E-state index contributed by atoms with van der Waals surface area (Å²) in [5.41, 5.74) is -2.32. The van der Waals surface area contributed by atoms with Crippen LogP contribution in [-0.4, -0.2) is 94.6 Å². The number of hydrogen-bond acceptors (Lipinski definition) is 8. The Kier molecular flexibility index (Phi) is 36.2. The van der Waals surface area contributed by atoms with E-state index in [1.807, 2.05) is 0 Å². The fraction of sp³-hybridized carbons (Fsp3) is 0.769. The van der Waals surface area contributed by atoms with Gasteiger partial charge in [-0.1, -0.05) is 6.58 Å². The summed E-state index contributed by atoms with van der Waals surface area (Å²) < 4.78 is 5.15. The van der Waals surface area contributed by atoms with Crippen molar-refractivity contribution >= 4 is 55.6 Å². The maximum Gasteiger partial charge on any atom is 0.327 e. The van der Waals surface area contributed by atoms with Gasteiger partial charge in [-0.25, -0.2) is 4.79 Å². The molecule has 0 heterocycles. The fourth-order valence-electron chi connectivity index (χ4n) is 1.06. The van der Waals surface area contributed by atoms with Crippen LogP contribution in [-0.2, 0) is 9.53 Å². The Labute approximate surface area is 177 Å². The molecule has 0 aliphatic rings. The second-order valence-corrected chi connectivity index (χ2v) is 4.98. The normalized spacial score (nSPS) is 9.77. The van der Waals surface area contributed by atoms with E-state index in [2.05, 4.69) is 6.58 Å². The van der Waals surface area contributed by atoms with Crippen LogP contribution in [0.3, 0.4) is 0 Å². The molecule has 13 heteroatoms. The first kappa shape index (κ1) is 40.7. The molecule has 26 heavy (non-hydrogen) atoms. The molecule has 0 radical (unpaired) electrons. The van der Waals surface area contributed by atoms with Crippen molar-refractivity contribution < 1.29 is 45.3 Å². The Morgan fingerprint density at radius 2 is 0.923 bits per heavy atom. The average molecular weight is 472 g/mol. The lowest BCUT2D eigenvalue weighted by Gasteiger charge is -2.31. The summed E-state index contributed by atoms with van der Waals surface area (Å²) in [7, 11) is 0. The van der Waals surface area contributed by atoms with E-state index in [4.69, 9.17) is 40.5 Å². The van der Waals surface area contributed by atoms with Gasteiger partial charge >= 0.3 is 5.97 Å². The van der Waals surface area contributed by atoms with Gasteiger partial charge in [0.2, 0.25) is 0 Å². The number of halogens is 4. The van der Waals surface area contributed by atoms with Gasteiger partial charge in [0, 0.05) is 6.08 Å². The highest BCUT2D eigenvalue weighted by Gasteiger charge is 2.32. The minimum atomic E-state index is -1.16. The maximum atomic E-state index is 9.25. The van der Waals surface area contributed by atoms with Crippen LogP contribution in [0.1, 0.15) is 0 Å². The van der Waals surface area contributed by atoms with E-state index in [1.165, 1.54) is 0 Å². The summed E-state index contributed by atoms with van der Waals surface area (Å²) in [6.45, 7) is -0.0446. The molecule has 0 rings (SSSR count). The Hall–Kier alpha value is 0.0900. The number of carbonyl (C=O) groups is 1. The van der Waals surface area contributed by atoms with E-state index in [9.17, 15) is 4.79 Å². The summed E-state index contributed by atoms with van der Waals surface area (Å²) in [5, 5.41) is 61.8. The molecule has 0 aromatic rings. The van der Waals surface area contributed by atoms with Crippen molar-refractivity contribution in [2.45, 2.75) is 0 Å². The van der Waals surface area contributed by atoms with E-state index in [0.29, 0.717) is 0 Å². The number of hydrogen-bond donors (Lipinski definition) is 7. The van der Waals surface area contributed by atoms with Crippen LogP contribution in [0.5, 0.6) is 0 Å². The largest absolute Gasteiger partial charge is 0.478 e. The maximum absolute atomic E-state index is 9.25. The molecule has 164 valence electrons. The molecule has 0 fully saturated rings. The Morgan fingerprint density at radius 1 is 0.731 bits per heavy atom. The SMILES string of the molecule is C=CC(=O)O.Cl.Cl.Cl.Cl.OCC(CO)(CO)COCC(CO)(CO)CO. The first-order chi connectivity index (χ1) is 10.3. The molecule has 0 aromatic carbocycles. The van der Waals surface area contributed by atoms with Gasteiger partial charge in [0.1, 0.15) is 0 Å². The van der Waals surface area contributed by atoms with Crippen molar-refractivity contribution in [1.29, 1.82) is 0 Å². The number of aliphatic carboxylic acids is 1. The van der Waals surface area contributed by atoms with Gasteiger partial charge in [-0.3, -0.25) is 0 Å². The lowest BCUT2D eigenvalue weighted by molar-refractivity contribution is -0.131. The quantitative estimate of drug-likeness (QED) is 0.184. The fourth-order valence-corrected chi connectivity index (χ4v) is 1.06. The Morgan fingerprint density at radius 3 is 1.04 bits per heavy atom. The number of aliphatic hydroxyl groups excluding tert-OH is 6. The number of carboxylic acids is 1. The first-order valence-electron chi connectivity index (χ1n) is 6.43. The minimum absolute atomic E-state index is 0. The number of carboxylic acid groups (broad SMARTS) is 1. The van der Waals surface area contributed by atoms with Crippen LogP contribution in [0.25, 0.3) is 0 Å². The summed E-state index contributed by atoms with van der Waals surface area (Å²) in [5.74, 6) is -0.981. The molecule has 0 bridgehead atoms. The standard InChI is InChI=1S/C10H22O7.C3H4O2.4ClH/c11-1-9(2-12,3-13)7-17-8-10(4-14,5-15)6-16;1-2-3(4)5;;;;/h11-16H,1-8H2;2H,1H2,(H,4,5);4*1H. The topological polar surface area (TPSA) is 168 Å². The van der Waals surface area contributed by atoms with Gasteiger partial charge in [0.05, 0.1) is 63.7 Å². The van der Waals surface area contributed by atoms with Crippen LogP contribution < -0.4 is 0 Å². The molecule has 0 atom stereocenters. The second-order valence-electron chi connectivity index (χ2n) is 4.98. The molecule has 0 aliphatic heterocycles. The zero-order chi connectivity index (χ0) is 17.6. The van der Waals surface area contributed by atoms with Crippen molar-refractivity contribution in [3.05, 3.63) is 12.7 Å².